The summed E-state index contributed by atoms with van der Waals surface area (Å²) in [4.78, 5) is 11.1. The number of nitrogens with one attached hydrogen (secondary N) is 1. The van der Waals surface area contributed by atoms with E-state index in [2.05, 4.69) is 36.0 Å². The fourth-order valence-electron chi connectivity index (χ4n) is 2.98. The number of aliphatic imine (C=N–C) groups is 2. The number of nitrogens with zero attached hydrogens (tertiary/aromatic N) is 4. The molecule has 0 saturated heterocycles. The van der Waals surface area contributed by atoms with Crippen LogP contribution in [0.2, 0.25) is 0 Å². The third kappa shape index (κ3) is 4.90. The smallest absolute Gasteiger partial charge is 0.227 e. The molecular formula is C21H25N5O2S. The van der Waals surface area contributed by atoms with Crippen LogP contribution in [0.4, 0.5) is 11.4 Å². The molecule has 0 bridgehead atoms. The van der Waals surface area contributed by atoms with Gasteiger partial charge in [0.15, 0.2) is 0 Å². The van der Waals surface area contributed by atoms with Crippen LogP contribution in [0, 0.1) is 13.8 Å². The number of hydrogen-bond donors (Lipinski definition) is 1. The fourth-order valence-corrected chi connectivity index (χ4v) is 3.99. The van der Waals surface area contributed by atoms with E-state index in [9.17, 15) is 0 Å². The second-order valence-electron chi connectivity index (χ2n) is 6.40. The van der Waals surface area contributed by atoms with E-state index in [1.807, 2.05) is 37.5 Å². The normalized spacial score (nSPS) is 11.5. The van der Waals surface area contributed by atoms with E-state index in [4.69, 9.17) is 14.5 Å². The maximum atomic E-state index is 5.95. The fraction of sp³-hybridized carbons (Fsp3) is 0.286. The maximum Gasteiger partial charge on any atom is 0.227 e. The number of aromatic nitrogens is 2. The van der Waals surface area contributed by atoms with Gasteiger partial charge in [-0.2, -0.15) is 5.10 Å². The molecule has 29 heavy (non-hydrogen) atoms. The summed E-state index contributed by atoms with van der Waals surface area (Å²) >= 11 is 1.70. The van der Waals surface area contributed by atoms with E-state index in [1.54, 1.807) is 29.3 Å². The van der Waals surface area contributed by atoms with Gasteiger partial charge in [0.25, 0.3) is 0 Å². The van der Waals surface area contributed by atoms with Gasteiger partial charge in [-0.1, -0.05) is 18.2 Å². The van der Waals surface area contributed by atoms with Gasteiger partial charge < -0.3 is 14.8 Å². The Morgan fingerprint density at radius 1 is 1.24 bits per heavy atom. The first-order chi connectivity index (χ1) is 14.0. The van der Waals surface area contributed by atoms with Crippen molar-refractivity contribution in [3.05, 3.63) is 46.4 Å². The average Bonchev–Trinajstić information content (AvgIpc) is 3.24. The van der Waals surface area contributed by atoms with Crippen LogP contribution in [-0.4, -0.2) is 42.8 Å². The van der Waals surface area contributed by atoms with E-state index < -0.39 is 0 Å². The van der Waals surface area contributed by atoms with Crippen molar-refractivity contribution in [1.29, 1.82) is 0 Å². The van der Waals surface area contributed by atoms with E-state index in [0.29, 0.717) is 19.2 Å². The van der Waals surface area contributed by atoms with Crippen LogP contribution in [-0.2, 0) is 11.8 Å². The Bertz CT molecular complexity index is 1020. The predicted octanol–water partition coefficient (Wildman–Crippen LogP) is 4.59. The second-order valence-corrected chi connectivity index (χ2v) is 7.83. The molecule has 8 heteroatoms. The molecular weight excluding hydrogens is 386 g/mol. The van der Waals surface area contributed by atoms with Gasteiger partial charge in [0.2, 0.25) is 5.96 Å². The lowest BCUT2D eigenvalue weighted by Crippen LogP contribution is -2.08. The summed E-state index contributed by atoms with van der Waals surface area (Å²) in [6, 6.07) is 7.97. The molecule has 1 aromatic carbocycles. The van der Waals surface area contributed by atoms with Crippen LogP contribution in [0.15, 0.2) is 46.6 Å². The van der Waals surface area contributed by atoms with Crippen molar-refractivity contribution in [2.24, 2.45) is 17.0 Å². The van der Waals surface area contributed by atoms with E-state index in [1.165, 1.54) is 0 Å². The van der Waals surface area contributed by atoms with Crippen LogP contribution in [0.25, 0.3) is 11.1 Å². The summed E-state index contributed by atoms with van der Waals surface area (Å²) in [5.74, 6) is 1.22. The van der Waals surface area contributed by atoms with Gasteiger partial charge in [-0.25, -0.2) is 9.98 Å². The quantitative estimate of drug-likeness (QED) is 0.351. The molecule has 152 valence electrons. The monoisotopic (exact) mass is 411 g/mol. The van der Waals surface area contributed by atoms with Crippen molar-refractivity contribution >= 4 is 35.4 Å². The predicted molar refractivity (Wildman–Crippen MR) is 120 cm³/mol. The van der Waals surface area contributed by atoms with Gasteiger partial charge in [-0.15, -0.1) is 11.3 Å². The highest BCUT2D eigenvalue weighted by Crippen LogP contribution is 2.45. The number of guanidine groups is 1. The first-order valence-electron chi connectivity index (χ1n) is 9.15. The third-order valence-electron chi connectivity index (χ3n) is 4.26. The lowest BCUT2D eigenvalue weighted by molar-refractivity contribution is 0.146. The van der Waals surface area contributed by atoms with Gasteiger partial charge >= 0.3 is 0 Å². The molecule has 0 amide bonds. The number of para-hydroxylation sites is 1. The molecule has 7 nitrogen and oxygen atoms in total. The molecule has 0 saturated carbocycles. The largest absolute Gasteiger partial charge is 0.491 e. The summed E-state index contributed by atoms with van der Waals surface area (Å²) in [7, 11) is 3.52. The zero-order valence-electron chi connectivity index (χ0n) is 17.1. The molecule has 2 heterocycles. The molecule has 1 N–H and O–H groups in total. The van der Waals surface area contributed by atoms with Crippen LogP contribution < -0.4 is 10.1 Å². The Hall–Kier alpha value is -2.97. The molecule has 0 aliphatic heterocycles. The molecule has 0 aliphatic rings. The topological polar surface area (TPSA) is 73.0 Å². The summed E-state index contributed by atoms with van der Waals surface area (Å²) in [5, 5.41) is 7.32. The minimum absolute atomic E-state index is 0.415. The zero-order chi connectivity index (χ0) is 20.8. The van der Waals surface area contributed by atoms with Crippen molar-refractivity contribution < 1.29 is 9.47 Å². The minimum Gasteiger partial charge on any atom is -0.491 e. The van der Waals surface area contributed by atoms with Gasteiger partial charge in [-0.05, 0) is 26.6 Å². The van der Waals surface area contributed by atoms with Gasteiger partial charge in [0, 0.05) is 41.2 Å². The summed E-state index contributed by atoms with van der Waals surface area (Å²) in [6.45, 7) is 8.82. The van der Waals surface area contributed by atoms with Crippen molar-refractivity contribution in [2.75, 3.05) is 25.6 Å². The van der Waals surface area contributed by atoms with Crippen molar-refractivity contribution in [3.63, 3.8) is 0 Å². The Morgan fingerprint density at radius 2 is 2.03 bits per heavy atom. The first kappa shape index (κ1) is 20.8. The van der Waals surface area contributed by atoms with Crippen LogP contribution in [0.5, 0.6) is 5.75 Å². The Labute approximate surface area is 174 Å². The molecule has 2 aromatic heterocycles. The number of ether oxygens (including phenoxy) is 2. The summed E-state index contributed by atoms with van der Waals surface area (Å²) in [6.07, 6.45) is 3.57. The number of rotatable bonds is 7. The molecule has 0 atom stereocenters. The number of thiophene rings is 1. The molecule has 0 fully saturated rings. The molecule has 0 aliphatic carbocycles. The third-order valence-corrected chi connectivity index (χ3v) is 5.27. The van der Waals surface area contributed by atoms with E-state index >= 15 is 0 Å². The van der Waals surface area contributed by atoms with E-state index in [0.717, 1.165) is 38.0 Å². The molecule has 0 spiro atoms. The lowest BCUT2D eigenvalue weighted by atomic mass is 10.0. The van der Waals surface area contributed by atoms with Crippen LogP contribution in [0.3, 0.4) is 0 Å². The lowest BCUT2D eigenvalue weighted by Gasteiger charge is -2.12. The van der Waals surface area contributed by atoms with Crippen LogP contribution in [0.1, 0.15) is 9.75 Å². The minimum atomic E-state index is 0.415. The van der Waals surface area contributed by atoms with Crippen molar-refractivity contribution in [1.82, 2.24) is 9.78 Å². The van der Waals surface area contributed by atoms with E-state index in [-0.39, 0.29) is 0 Å². The zero-order valence-corrected chi connectivity index (χ0v) is 17.9. The van der Waals surface area contributed by atoms with Gasteiger partial charge in [-0.3, -0.25) is 4.68 Å². The molecule has 0 unspecified atom stereocenters. The molecule has 3 aromatic rings. The van der Waals surface area contributed by atoms with Crippen LogP contribution >= 0.6 is 11.3 Å². The summed E-state index contributed by atoms with van der Waals surface area (Å²) in [5.41, 5.74) is 3.69. The maximum absolute atomic E-state index is 5.95. The number of aryl methyl sites for hydroxylation is 3. The first-order valence-corrected chi connectivity index (χ1v) is 9.97. The number of benzene rings is 1. The Morgan fingerprint density at radius 3 is 2.72 bits per heavy atom. The Kier molecular flexibility index (Phi) is 6.79. The number of anilines is 1. The second kappa shape index (κ2) is 9.49. The molecule has 3 rings (SSSR count). The number of methoxy groups -OCH3 is 1. The number of hydrogen-bond acceptors (Lipinski definition) is 5. The Balaban J connectivity index is 2.01. The molecule has 0 radical (unpaired) electrons. The van der Waals surface area contributed by atoms with Gasteiger partial charge in [0.05, 0.1) is 24.2 Å². The highest BCUT2D eigenvalue weighted by atomic mass is 32.1. The highest BCUT2D eigenvalue weighted by Gasteiger charge is 2.19. The average molecular weight is 412 g/mol. The SMILES string of the molecule is C=N/C(=N\c1c(C)sc(C)c1-c1ccccc1OCCOC)Nc1cnn(C)c1. The van der Waals surface area contributed by atoms with Gasteiger partial charge in [0.1, 0.15) is 12.4 Å². The highest BCUT2D eigenvalue weighted by molar-refractivity contribution is 7.13. The standard InChI is InChI=1S/C21H25N5O2S/c1-14-19(17-8-6-7-9-18(17)28-11-10-27-5)20(15(2)29-14)25-21(22-3)24-16-12-23-26(4)13-16/h6-9,12-13H,3,10-11H2,1-2,4-5H3,(H,24,25). The van der Waals surface area contributed by atoms with Crippen molar-refractivity contribution in [2.45, 2.75) is 13.8 Å². The van der Waals surface area contributed by atoms with Crippen molar-refractivity contribution in [3.8, 4) is 16.9 Å². The summed E-state index contributed by atoms with van der Waals surface area (Å²) < 4.78 is 12.8.